The monoisotopic (exact) mass is 460 g/mol. The van der Waals surface area contributed by atoms with Crippen molar-refractivity contribution in [2.75, 3.05) is 24.7 Å². The van der Waals surface area contributed by atoms with Gasteiger partial charge in [0.05, 0.1) is 23.0 Å². The Hall–Kier alpha value is -3.04. The molecule has 0 fully saturated rings. The first kappa shape index (κ1) is 22.6. The molecular formula is C21H21ClN4O4S. The van der Waals surface area contributed by atoms with Crippen LogP contribution in [0.2, 0.25) is 5.02 Å². The number of carbonyl (C=O) groups is 2. The number of hydrogen-bond acceptors (Lipinski definition) is 7. The summed E-state index contributed by atoms with van der Waals surface area (Å²) in [6, 6.07) is 14.5. The van der Waals surface area contributed by atoms with E-state index in [4.69, 9.17) is 20.8 Å². The van der Waals surface area contributed by atoms with Gasteiger partial charge in [-0.2, -0.15) is 0 Å². The number of aryl methyl sites for hydroxylation is 1. The number of ether oxygens (including phenoxy) is 1. The van der Waals surface area contributed by atoms with Crippen LogP contribution in [0.15, 0.2) is 58.2 Å². The maximum absolute atomic E-state index is 12.3. The van der Waals surface area contributed by atoms with Crippen LogP contribution in [0.4, 0.5) is 5.69 Å². The highest BCUT2D eigenvalue weighted by molar-refractivity contribution is 7.99. The molecule has 2 amide bonds. The van der Waals surface area contributed by atoms with Gasteiger partial charge in [-0.1, -0.05) is 47.6 Å². The zero-order chi connectivity index (χ0) is 22.2. The predicted octanol–water partition coefficient (Wildman–Crippen LogP) is 3.80. The van der Waals surface area contributed by atoms with Crippen molar-refractivity contribution in [2.45, 2.75) is 18.8 Å². The molecule has 0 aliphatic heterocycles. The molecule has 162 valence electrons. The van der Waals surface area contributed by atoms with Gasteiger partial charge in [-0.25, -0.2) is 0 Å². The molecule has 31 heavy (non-hydrogen) atoms. The topological polar surface area (TPSA) is 97.6 Å². The highest BCUT2D eigenvalue weighted by Gasteiger charge is 2.16. The summed E-state index contributed by atoms with van der Waals surface area (Å²) in [5, 5.41) is 11.2. The van der Waals surface area contributed by atoms with E-state index in [-0.39, 0.29) is 35.9 Å². The first-order chi connectivity index (χ1) is 14.9. The number of carbonyl (C=O) groups excluding carboxylic acids is 2. The molecule has 0 aliphatic rings. The van der Waals surface area contributed by atoms with Gasteiger partial charge in [0.25, 0.3) is 11.1 Å². The van der Waals surface area contributed by atoms with E-state index in [0.717, 1.165) is 17.3 Å². The summed E-state index contributed by atoms with van der Waals surface area (Å²) in [5.74, 6) is 0.469. The molecule has 0 saturated heterocycles. The average molecular weight is 461 g/mol. The van der Waals surface area contributed by atoms with Crippen LogP contribution < -0.4 is 10.1 Å². The fraction of sp³-hybridized carbons (Fsp3) is 0.238. The van der Waals surface area contributed by atoms with Crippen LogP contribution in [0.5, 0.6) is 5.75 Å². The zero-order valence-electron chi connectivity index (χ0n) is 17.0. The normalized spacial score (nSPS) is 10.5. The molecule has 0 aliphatic carbocycles. The number of nitrogens with zero attached hydrogens (tertiary/aromatic N) is 3. The largest absolute Gasteiger partial charge is 0.484 e. The second kappa shape index (κ2) is 10.8. The number of thioether (sulfide) groups is 1. The van der Waals surface area contributed by atoms with E-state index in [2.05, 4.69) is 15.5 Å². The van der Waals surface area contributed by atoms with Crippen molar-refractivity contribution in [3.8, 4) is 5.75 Å². The Labute approximate surface area is 188 Å². The molecule has 0 radical (unpaired) electrons. The van der Waals surface area contributed by atoms with Crippen LogP contribution in [-0.2, 0) is 16.2 Å². The summed E-state index contributed by atoms with van der Waals surface area (Å²) in [7, 11) is 1.55. The molecular weight excluding hydrogens is 440 g/mol. The molecule has 3 aromatic rings. The minimum atomic E-state index is -0.345. The molecule has 0 saturated carbocycles. The summed E-state index contributed by atoms with van der Waals surface area (Å²) >= 11 is 7.12. The van der Waals surface area contributed by atoms with E-state index in [1.54, 1.807) is 31.3 Å². The van der Waals surface area contributed by atoms with Crippen LogP contribution in [0, 0.1) is 6.92 Å². The molecule has 0 atom stereocenters. The zero-order valence-corrected chi connectivity index (χ0v) is 18.6. The highest BCUT2D eigenvalue weighted by Crippen LogP contribution is 2.21. The molecule has 1 aromatic heterocycles. The number of nitrogens with one attached hydrogen (secondary N) is 1. The summed E-state index contributed by atoms with van der Waals surface area (Å²) in [4.78, 5) is 25.8. The van der Waals surface area contributed by atoms with E-state index in [1.165, 1.54) is 4.90 Å². The summed E-state index contributed by atoms with van der Waals surface area (Å²) in [6.45, 7) is 2.00. The molecule has 0 spiro atoms. The smallest absolute Gasteiger partial charge is 0.277 e. The fourth-order valence-corrected chi connectivity index (χ4v) is 3.40. The molecule has 0 bridgehead atoms. The first-order valence-corrected chi connectivity index (χ1v) is 10.7. The minimum Gasteiger partial charge on any atom is -0.484 e. The van der Waals surface area contributed by atoms with Crippen LogP contribution in [0.1, 0.15) is 11.5 Å². The highest BCUT2D eigenvalue weighted by atomic mass is 35.5. The van der Waals surface area contributed by atoms with Gasteiger partial charge in [-0.3, -0.25) is 9.59 Å². The van der Waals surface area contributed by atoms with Gasteiger partial charge in [-0.15, -0.1) is 10.2 Å². The van der Waals surface area contributed by atoms with Gasteiger partial charge in [-0.05, 0) is 36.8 Å². The third-order valence-corrected chi connectivity index (χ3v) is 5.21. The predicted molar refractivity (Wildman–Crippen MR) is 118 cm³/mol. The number of halogens is 1. The van der Waals surface area contributed by atoms with E-state index < -0.39 is 0 Å². The SMILES string of the molecule is Cc1cccc(OCc2nnc(SCC(=O)N(C)CC(=O)Nc3ccccc3Cl)o2)c1. The number of amides is 2. The van der Waals surface area contributed by atoms with Gasteiger partial charge in [0.1, 0.15) is 5.75 Å². The number of benzene rings is 2. The standard InChI is InChI=1S/C21H21ClN4O4S/c1-14-6-5-7-15(10-14)29-12-19-24-25-21(30-19)31-13-20(28)26(2)11-18(27)23-17-9-4-3-8-16(17)22/h3-10H,11-13H2,1-2H3,(H,23,27). The van der Waals surface area contributed by atoms with Crippen LogP contribution >= 0.6 is 23.4 Å². The van der Waals surface area contributed by atoms with Crippen LogP contribution in [-0.4, -0.2) is 46.3 Å². The fourth-order valence-electron chi connectivity index (χ4n) is 2.49. The number of rotatable bonds is 9. The Bertz CT molecular complexity index is 1060. The van der Waals surface area contributed by atoms with Crippen LogP contribution in [0.3, 0.4) is 0 Å². The Morgan fingerprint density at radius 2 is 2.00 bits per heavy atom. The lowest BCUT2D eigenvalue weighted by Gasteiger charge is -2.16. The average Bonchev–Trinajstić information content (AvgIpc) is 3.20. The molecule has 2 aromatic carbocycles. The third-order valence-electron chi connectivity index (χ3n) is 4.07. The van der Waals surface area contributed by atoms with Crippen LogP contribution in [0.25, 0.3) is 0 Å². The maximum atomic E-state index is 12.3. The lowest BCUT2D eigenvalue weighted by Crippen LogP contribution is -2.36. The number of hydrogen-bond donors (Lipinski definition) is 1. The summed E-state index contributed by atoms with van der Waals surface area (Å²) < 4.78 is 11.1. The Morgan fingerprint density at radius 3 is 2.77 bits per heavy atom. The van der Waals surface area contributed by atoms with E-state index in [1.807, 2.05) is 31.2 Å². The lowest BCUT2D eigenvalue weighted by atomic mass is 10.2. The minimum absolute atomic E-state index is 0.0518. The van der Waals surface area contributed by atoms with Crippen molar-refractivity contribution in [3.05, 3.63) is 65.0 Å². The lowest BCUT2D eigenvalue weighted by molar-refractivity contribution is -0.131. The van der Waals surface area contributed by atoms with Gasteiger partial charge < -0.3 is 19.4 Å². The molecule has 3 rings (SSSR count). The van der Waals surface area contributed by atoms with Crippen molar-refractivity contribution in [3.63, 3.8) is 0 Å². The molecule has 10 heteroatoms. The number of para-hydroxylation sites is 1. The van der Waals surface area contributed by atoms with Crippen molar-refractivity contribution in [1.82, 2.24) is 15.1 Å². The molecule has 8 nitrogen and oxygen atoms in total. The van der Waals surface area contributed by atoms with Crippen molar-refractivity contribution in [2.24, 2.45) is 0 Å². The summed E-state index contributed by atoms with van der Waals surface area (Å²) in [6.07, 6.45) is 0. The second-order valence-corrected chi connectivity index (χ2v) is 7.97. The van der Waals surface area contributed by atoms with E-state index in [0.29, 0.717) is 22.4 Å². The van der Waals surface area contributed by atoms with Gasteiger partial charge in [0.15, 0.2) is 6.61 Å². The Balaban J connectivity index is 1.42. The van der Waals surface area contributed by atoms with Crippen molar-refractivity contribution >= 4 is 40.9 Å². The third kappa shape index (κ3) is 7.01. The van der Waals surface area contributed by atoms with Crippen molar-refractivity contribution < 1.29 is 18.7 Å². The maximum Gasteiger partial charge on any atom is 0.277 e. The summed E-state index contributed by atoms with van der Waals surface area (Å²) in [5.41, 5.74) is 1.58. The Kier molecular flexibility index (Phi) is 7.91. The molecule has 1 heterocycles. The second-order valence-electron chi connectivity index (χ2n) is 6.63. The van der Waals surface area contributed by atoms with Gasteiger partial charge >= 0.3 is 0 Å². The van der Waals surface area contributed by atoms with Gasteiger partial charge in [0.2, 0.25) is 11.8 Å². The first-order valence-electron chi connectivity index (χ1n) is 9.33. The molecule has 0 unspecified atom stereocenters. The number of likely N-dealkylation sites (N-methyl/N-ethyl adjacent to an activating group) is 1. The quantitative estimate of drug-likeness (QED) is 0.485. The van der Waals surface area contributed by atoms with E-state index in [9.17, 15) is 9.59 Å². The van der Waals surface area contributed by atoms with Crippen molar-refractivity contribution in [1.29, 1.82) is 0 Å². The number of anilines is 1. The van der Waals surface area contributed by atoms with Gasteiger partial charge in [0, 0.05) is 7.05 Å². The Morgan fingerprint density at radius 1 is 1.19 bits per heavy atom. The number of aromatic nitrogens is 2. The van der Waals surface area contributed by atoms with E-state index >= 15 is 0 Å². The molecule has 1 N–H and O–H groups in total.